The Hall–Kier alpha value is -2.55. The van der Waals surface area contributed by atoms with Crippen LogP contribution >= 0.6 is 0 Å². The Labute approximate surface area is 179 Å². The number of pyridine rings is 1. The van der Waals surface area contributed by atoms with E-state index in [1.54, 1.807) is 12.1 Å². The normalized spacial score (nSPS) is 18.2. The fraction of sp³-hybridized carbons (Fsp3) is 0.435. The number of benzene rings is 2. The van der Waals surface area contributed by atoms with Gasteiger partial charge in [0, 0.05) is 22.9 Å². The van der Waals surface area contributed by atoms with Gasteiger partial charge in [-0.15, -0.1) is 0 Å². The molecule has 9 heteroatoms. The molecule has 0 bridgehead atoms. The predicted molar refractivity (Wildman–Crippen MR) is 108 cm³/mol. The molecule has 1 aliphatic carbocycles. The average molecular weight is 457 g/mol. The lowest BCUT2D eigenvalue weighted by atomic mass is 9.88. The van der Waals surface area contributed by atoms with Crippen molar-refractivity contribution in [3.05, 3.63) is 58.4 Å². The third-order valence-corrected chi connectivity index (χ3v) is 6.35. The highest BCUT2D eigenvalue weighted by atomic mass is 19.4. The number of hydrogen-bond acceptors (Lipinski definition) is 2. The Morgan fingerprint density at radius 3 is 2.09 bits per heavy atom. The van der Waals surface area contributed by atoms with Crippen LogP contribution in [-0.4, -0.2) is 22.0 Å². The van der Waals surface area contributed by atoms with Crippen LogP contribution in [0.4, 0.5) is 26.3 Å². The van der Waals surface area contributed by atoms with Crippen molar-refractivity contribution in [2.75, 3.05) is 0 Å². The van der Waals surface area contributed by atoms with Crippen LogP contribution in [-0.2, 0) is 12.2 Å². The zero-order valence-corrected chi connectivity index (χ0v) is 16.9. The summed E-state index contributed by atoms with van der Waals surface area (Å²) in [4.78, 5) is 13.2. The molecule has 1 aliphatic rings. The molecule has 32 heavy (non-hydrogen) atoms. The van der Waals surface area contributed by atoms with Crippen molar-refractivity contribution in [1.29, 1.82) is 0 Å². The van der Waals surface area contributed by atoms with Crippen LogP contribution in [0.1, 0.15) is 37.7 Å². The molecular formula is C23H21F6NO2. The number of rotatable bonds is 4. The fourth-order valence-electron chi connectivity index (χ4n) is 4.68. The number of fused-ring (bicyclic) bond motifs is 3. The molecule has 2 aromatic carbocycles. The second-order valence-corrected chi connectivity index (χ2v) is 8.39. The first kappa shape index (κ1) is 22.6. The Morgan fingerprint density at radius 1 is 0.875 bits per heavy atom. The molecule has 1 N–H and O–H groups in total. The van der Waals surface area contributed by atoms with Crippen molar-refractivity contribution in [3.8, 4) is 0 Å². The van der Waals surface area contributed by atoms with Gasteiger partial charge in [-0.3, -0.25) is 4.79 Å². The molecule has 1 saturated carbocycles. The second-order valence-electron chi connectivity index (χ2n) is 8.39. The highest BCUT2D eigenvalue weighted by Gasteiger charge is 2.72. The van der Waals surface area contributed by atoms with E-state index in [2.05, 4.69) is 0 Å². The lowest BCUT2D eigenvalue weighted by Crippen LogP contribution is -2.52. The van der Waals surface area contributed by atoms with E-state index in [0.717, 1.165) is 38.2 Å². The molecule has 4 rings (SSSR count). The van der Waals surface area contributed by atoms with Crippen molar-refractivity contribution in [1.82, 2.24) is 4.57 Å². The highest BCUT2D eigenvalue weighted by molar-refractivity contribution is 6.05. The summed E-state index contributed by atoms with van der Waals surface area (Å²) < 4.78 is 83.5. The van der Waals surface area contributed by atoms with Gasteiger partial charge < -0.3 is 9.67 Å². The van der Waals surface area contributed by atoms with Gasteiger partial charge >= 0.3 is 18.0 Å². The van der Waals surface area contributed by atoms with E-state index in [0.29, 0.717) is 18.7 Å². The summed E-state index contributed by atoms with van der Waals surface area (Å²) in [5, 5.41) is 9.29. The van der Waals surface area contributed by atoms with Crippen LogP contribution in [0, 0.1) is 5.92 Å². The lowest BCUT2D eigenvalue weighted by molar-refractivity contribution is -0.375. The van der Waals surface area contributed by atoms with Crippen LogP contribution < -0.4 is 5.56 Å². The van der Waals surface area contributed by atoms with Gasteiger partial charge in [-0.05, 0) is 42.3 Å². The molecule has 0 spiro atoms. The number of hydrogen-bond donors (Lipinski definition) is 1. The summed E-state index contributed by atoms with van der Waals surface area (Å²) in [6.45, 7) is 0.329. The molecule has 1 aromatic heterocycles. The number of halogens is 6. The van der Waals surface area contributed by atoms with E-state index < -0.39 is 23.5 Å². The number of aliphatic hydroxyl groups is 1. The maximum Gasteiger partial charge on any atom is 0.435 e. The maximum absolute atomic E-state index is 14.8. The smallest absolute Gasteiger partial charge is 0.333 e. The van der Waals surface area contributed by atoms with Gasteiger partial charge in [0.25, 0.3) is 5.56 Å². The van der Waals surface area contributed by atoms with Gasteiger partial charge in [-0.2, -0.15) is 22.0 Å². The zero-order valence-electron chi connectivity index (χ0n) is 16.9. The molecule has 1 heterocycles. The van der Waals surface area contributed by atoms with E-state index in [1.165, 1.54) is 16.7 Å². The van der Waals surface area contributed by atoms with Crippen LogP contribution in [0.15, 0.2) is 47.3 Å². The first-order chi connectivity index (χ1) is 14.9. The molecule has 0 aliphatic heterocycles. The standard InChI is InChI=1S/C23H21F6NO2/c24-21(22(25,26)27,23(28,29)32)15-10-11-19-18(12-15)16-8-4-5-9-17(16)20(31)30(19)13-14-6-2-1-3-7-14/h4-5,8-12,14,32H,1-3,6-7,13H2. The van der Waals surface area contributed by atoms with E-state index in [4.69, 9.17) is 5.11 Å². The van der Waals surface area contributed by atoms with Crippen molar-refractivity contribution in [3.63, 3.8) is 0 Å². The SMILES string of the molecule is O=c1c2ccccc2c2cc(C(F)(C(O)(F)F)C(F)(F)F)ccc2n1CC1CCCCC1. The third kappa shape index (κ3) is 3.56. The van der Waals surface area contributed by atoms with Crippen molar-refractivity contribution < 1.29 is 31.4 Å². The Kier molecular flexibility index (Phi) is 5.51. The molecular weight excluding hydrogens is 436 g/mol. The van der Waals surface area contributed by atoms with Crippen molar-refractivity contribution in [2.45, 2.75) is 56.6 Å². The minimum atomic E-state index is -6.08. The molecule has 0 amide bonds. The van der Waals surface area contributed by atoms with Crippen LogP contribution in [0.5, 0.6) is 0 Å². The third-order valence-electron chi connectivity index (χ3n) is 6.35. The Morgan fingerprint density at radius 2 is 1.50 bits per heavy atom. The quantitative estimate of drug-likeness (QED) is 0.383. The molecule has 172 valence electrons. The van der Waals surface area contributed by atoms with Crippen LogP contribution in [0.25, 0.3) is 21.7 Å². The second kappa shape index (κ2) is 7.79. The largest absolute Gasteiger partial charge is 0.435 e. The summed E-state index contributed by atoms with van der Waals surface area (Å²) >= 11 is 0. The summed E-state index contributed by atoms with van der Waals surface area (Å²) in [6.07, 6.45) is -6.86. The van der Waals surface area contributed by atoms with Crippen molar-refractivity contribution >= 4 is 21.7 Å². The summed E-state index contributed by atoms with van der Waals surface area (Å²) in [7, 11) is 0. The van der Waals surface area contributed by atoms with E-state index in [9.17, 15) is 31.1 Å². The highest BCUT2D eigenvalue weighted by Crippen LogP contribution is 2.51. The zero-order chi connectivity index (χ0) is 23.3. The predicted octanol–water partition coefficient (Wildman–Crippen LogP) is 6.05. The van der Waals surface area contributed by atoms with E-state index in [-0.39, 0.29) is 33.2 Å². The molecule has 0 saturated heterocycles. The van der Waals surface area contributed by atoms with Gasteiger partial charge in [-0.1, -0.05) is 43.5 Å². The van der Waals surface area contributed by atoms with E-state index >= 15 is 0 Å². The van der Waals surface area contributed by atoms with Crippen molar-refractivity contribution in [2.24, 2.45) is 5.92 Å². The monoisotopic (exact) mass is 457 g/mol. The summed E-state index contributed by atoms with van der Waals surface area (Å²) in [5.41, 5.74) is -6.85. The molecule has 1 fully saturated rings. The molecule has 1 unspecified atom stereocenters. The van der Waals surface area contributed by atoms with Gasteiger partial charge in [0.1, 0.15) is 0 Å². The number of nitrogens with zero attached hydrogens (tertiary/aromatic N) is 1. The molecule has 0 radical (unpaired) electrons. The minimum absolute atomic E-state index is 0.0315. The van der Waals surface area contributed by atoms with Gasteiger partial charge in [0.05, 0.1) is 5.52 Å². The first-order valence-electron chi connectivity index (χ1n) is 10.4. The Balaban J connectivity index is 2.00. The Bertz CT molecular complexity index is 1190. The van der Waals surface area contributed by atoms with Gasteiger partial charge in [0.15, 0.2) is 0 Å². The number of alkyl halides is 6. The number of aromatic nitrogens is 1. The molecule has 3 aromatic rings. The minimum Gasteiger partial charge on any atom is -0.333 e. The first-order valence-corrected chi connectivity index (χ1v) is 10.4. The summed E-state index contributed by atoms with van der Waals surface area (Å²) in [6, 6.07) is 8.37. The topological polar surface area (TPSA) is 42.2 Å². The molecule has 3 nitrogen and oxygen atoms in total. The van der Waals surface area contributed by atoms with Crippen LogP contribution in [0.2, 0.25) is 0 Å². The lowest BCUT2D eigenvalue weighted by Gasteiger charge is -2.32. The average Bonchev–Trinajstić information content (AvgIpc) is 2.75. The van der Waals surface area contributed by atoms with E-state index in [1.807, 2.05) is 0 Å². The molecule has 1 atom stereocenters. The van der Waals surface area contributed by atoms with Gasteiger partial charge in [-0.25, -0.2) is 4.39 Å². The van der Waals surface area contributed by atoms with Gasteiger partial charge in [0.2, 0.25) is 0 Å². The van der Waals surface area contributed by atoms with Crippen LogP contribution in [0.3, 0.4) is 0 Å². The fourth-order valence-corrected chi connectivity index (χ4v) is 4.68. The summed E-state index contributed by atoms with van der Waals surface area (Å²) in [5.74, 6) is 0.197. The maximum atomic E-state index is 14.8.